The summed E-state index contributed by atoms with van der Waals surface area (Å²) in [7, 11) is -1.51. The molecule has 0 spiro atoms. The quantitative estimate of drug-likeness (QED) is 0.587. The number of fused-ring (bicyclic) bond motifs is 1. The van der Waals surface area contributed by atoms with Crippen LogP contribution in [0.25, 0.3) is 11.0 Å². The van der Waals surface area contributed by atoms with E-state index in [1.165, 1.54) is 0 Å². The molecule has 0 saturated carbocycles. The fraction of sp³-hybridized carbons (Fsp3) is 0.667. The molecular weight excluding hydrogens is 356 g/mol. The molecule has 2 aromatic rings. The molecule has 0 unspecified atom stereocenters. The Hall–Kier alpha value is -1.98. The summed E-state index contributed by atoms with van der Waals surface area (Å²) in [5.41, 5.74) is 1.50. The standard InChI is InChI=1S/C15H26N8O2S/c1-11(2)21-26(24,25)9-6-17-14-13-12(10-18-22(13)3)19-15(20-14)23-7-4-16-5-8-23/h10-11,16,21H,4-9H2,1-3H3,(H,17,19,20). The molecule has 144 valence electrons. The lowest BCUT2D eigenvalue weighted by molar-refractivity contribution is 0.570. The number of aryl methyl sites for hydroxylation is 1. The third-order valence-electron chi connectivity index (χ3n) is 4.05. The Bertz CT molecular complexity index is 858. The molecule has 1 aliphatic rings. The van der Waals surface area contributed by atoms with Crippen LogP contribution < -0.4 is 20.3 Å². The summed E-state index contributed by atoms with van der Waals surface area (Å²) in [6.45, 7) is 7.28. The lowest BCUT2D eigenvalue weighted by Gasteiger charge is -2.27. The normalized spacial score (nSPS) is 15.8. The van der Waals surface area contributed by atoms with Gasteiger partial charge in [0.05, 0.1) is 11.9 Å². The van der Waals surface area contributed by atoms with E-state index in [1.54, 1.807) is 24.7 Å². The van der Waals surface area contributed by atoms with E-state index in [1.807, 2.05) is 7.05 Å². The first kappa shape index (κ1) is 18.8. The molecule has 0 radical (unpaired) electrons. The molecule has 1 aliphatic heterocycles. The van der Waals surface area contributed by atoms with Crippen LogP contribution in [0.15, 0.2) is 6.20 Å². The van der Waals surface area contributed by atoms with E-state index < -0.39 is 10.0 Å². The highest BCUT2D eigenvalue weighted by Gasteiger charge is 2.18. The van der Waals surface area contributed by atoms with E-state index in [9.17, 15) is 8.42 Å². The van der Waals surface area contributed by atoms with E-state index in [0.717, 1.165) is 37.2 Å². The number of hydrogen-bond donors (Lipinski definition) is 3. The zero-order valence-electron chi connectivity index (χ0n) is 15.4. The van der Waals surface area contributed by atoms with Gasteiger partial charge in [-0.1, -0.05) is 0 Å². The van der Waals surface area contributed by atoms with E-state index in [2.05, 4.69) is 35.3 Å². The number of rotatable bonds is 7. The zero-order chi connectivity index (χ0) is 18.7. The molecule has 3 N–H and O–H groups in total. The van der Waals surface area contributed by atoms with Crippen LogP contribution in [0.2, 0.25) is 0 Å². The van der Waals surface area contributed by atoms with Crippen LogP contribution in [0.4, 0.5) is 11.8 Å². The van der Waals surface area contributed by atoms with Crippen LogP contribution in [-0.4, -0.2) is 72.7 Å². The summed E-state index contributed by atoms with van der Waals surface area (Å²) >= 11 is 0. The second-order valence-corrected chi connectivity index (χ2v) is 8.50. The summed E-state index contributed by atoms with van der Waals surface area (Å²) in [4.78, 5) is 11.4. The highest BCUT2D eigenvalue weighted by Crippen LogP contribution is 2.23. The monoisotopic (exact) mass is 382 g/mol. The van der Waals surface area contributed by atoms with Crippen molar-refractivity contribution in [3.05, 3.63) is 6.20 Å². The molecule has 0 bridgehead atoms. The largest absolute Gasteiger partial charge is 0.367 e. The van der Waals surface area contributed by atoms with Crippen molar-refractivity contribution in [3.8, 4) is 0 Å². The molecule has 10 nitrogen and oxygen atoms in total. The second-order valence-electron chi connectivity index (χ2n) is 6.63. The molecule has 11 heteroatoms. The number of anilines is 2. The van der Waals surface area contributed by atoms with Crippen LogP contribution in [-0.2, 0) is 17.1 Å². The fourth-order valence-electron chi connectivity index (χ4n) is 2.92. The molecule has 1 saturated heterocycles. The molecule has 3 heterocycles. The van der Waals surface area contributed by atoms with Gasteiger partial charge in [0.1, 0.15) is 11.0 Å². The predicted molar refractivity (Wildman–Crippen MR) is 102 cm³/mol. The molecule has 1 fully saturated rings. The average molecular weight is 382 g/mol. The number of hydrogen-bond acceptors (Lipinski definition) is 8. The average Bonchev–Trinajstić information content (AvgIpc) is 2.95. The Kier molecular flexibility index (Phi) is 5.58. The SMILES string of the molecule is CC(C)NS(=O)(=O)CCNc1nc(N2CCNCC2)nc2cnn(C)c12. The molecular formula is C15H26N8O2S. The third kappa shape index (κ3) is 4.40. The minimum Gasteiger partial charge on any atom is -0.367 e. The van der Waals surface area contributed by atoms with Crippen LogP contribution in [0.3, 0.4) is 0 Å². The van der Waals surface area contributed by atoms with E-state index in [4.69, 9.17) is 0 Å². The molecule has 3 rings (SSSR count). The Labute approximate surface area is 153 Å². The minimum absolute atomic E-state index is 0.0303. The molecule has 26 heavy (non-hydrogen) atoms. The Morgan fingerprint density at radius 2 is 2.00 bits per heavy atom. The van der Waals surface area contributed by atoms with Crippen molar-refractivity contribution in [2.45, 2.75) is 19.9 Å². The van der Waals surface area contributed by atoms with Gasteiger partial charge in [0.25, 0.3) is 0 Å². The Balaban J connectivity index is 1.80. The highest BCUT2D eigenvalue weighted by atomic mass is 32.2. The first-order chi connectivity index (χ1) is 12.4. The maximum Gasteiger partial charge on any atom is 0.228 e. The molecule has 0 aromatic carbocycles. The van der Waals surface area contributed by atoms with Gasteiger partial charge in [-0.2, -0.15) is 10.1 Å². The van der Waals surface area contributed by atoms with Crippen molar-refractivity contribution in [2.75, 3.05) is 48.7 Å². The first-order valence-corrected chi connectivity index (χ1v) is 10.4. The van der Waals surface area contributed by atoms with Crippen LogP contribution in [0.5, 0.6) is 0 Å². The number of nitrogens with zero attached hydrogens (tertiary/aromatic N) is 5. The van der Waals surface area contributed by atoms with Crippen molar-refractivity contribution in [3.63, 3.8) is 0 Å². The van der Waals surface area contributed by atoms with Crippen molar-refractivity contribution in [2.24, 2.45) is 7.05 Å². The van der Waals surface area contributed by atoms with E-state index in [0.29, 0.717) is 11.8 Å². The summed E-state index contributed by atoms with van der Waals surface area (Å²) in [6, 6.07) is -0.123. The summed E-state index contributed by atoms with van der Waals surface area (Å²) in [6.07, 6.45) is 1.70. The summed E-state index contributed by atoms with van der Waals surface area (Å²) in [5, 5.41) is 10.7. The lowest BCUT2D eigenvalue weighted by Crippen LogP contribution is -2.44. The maximum atomic E-state index is 12.0. The number of nitrogens with one attached hydrogen (secondary N) is 3. The van der Waals surface area contributed by atoms with Crippen LogP contribution in [0, 0.1) is 0 Å². The summed E-state index contributed by atoms with van der Waals surface area (Å²) in [5.74, 6) is 1.21. The molecule has 0 amide bonds. The van der Waals surface area contributed by atoms with Gasteiger partial charge < -0.3 is 15.5 Å². The molecule has 2 aromatic heterocycles. The zero-order valence-corrected chi connectivity index (χ0v) is 16.2. The lowest BCUT2D eigenvalue weighted by atomic mass is 10.3. The Morgan fingerprint density at radius 1 is 1.27 bits per heavy atom. The van der Waals surface area contributed by atoms with E-state index in [-0.39, 0.29) is 18.3 Å². The number of sulfonamides is 1. The molecule has 0 aliphatic carbocycles. The predicted octanol–water partition coefficient (Wildman–Crippen LogP) is -0.487. The first-order valence-electron chi connectivity index (χ1n) is 8.75. The van der Waals surface area contributed by atoms with E-state index >= 15 is 0 Å². The fourth-order valence-corrected chi connectivity index (χ4v) is 4.13. The third-order valence-corrected chi connectivity index (χ3v) is 5.63. The van der Waals surface area contributed by atoms with Crippen molar-refractivity contribution >= 4 is 32.8 Å². The van der Waals surface area contributed by atoms with Gasteiger partial charge in [-0.15, -0.1) is 0 Å². The smallest absolute Gasteiger partial charge is 0.228 e. The van der Waals surface area contributed by atoms with Gasteiger partial charge in [0, 0.05) is 45.8 Å². The minimum atomic E-state index is -3.33. The summed E-state index contributed by atoms with van der Waals surface area (Å²) < 4.78 is 28.3. The van der Waals surface area contributed by atoms with Gasteiger partial charge >= 0.3 is 0 Å². The molecule has 0 atom stereocenters. The Morgan fingerprint density at radius 3 is 2.69 bits per heavy atom. The van der Waals surface area contributed by atoms with Gasteiger partial charge in [0.2, 0.25) is 16.0 Å². The van der Waals surface area contributed by atoms with Gasteiger partial charge in [-0.3, -0.25) is 4.68 Å². The maximum absolute atomic E-state index is 12.0. The van der Waals surface area contributed by atoms with Crippen LogP contribution >= 0.6 is 0 Å². The van der Waals surface area contributed by atoms with Gasteiger partial charge in [-0.25, -0.2) is 18.1 Å². The van der Waals surface area contributed by atoms with Crippen molar-refractivity contribution in [1.29, 1.82) is 0 Å². The highest BCUT2D eigenvalue weighted by molar-refractivity contribution is 7.89. The van der Waals surface area contributed by atoms with Crippen molar-refractivity contribution in [1.82, 2.24) is 29.8 Å². The second kappa shape index (κ2) is 7.72. The van der Waals surface area contributed by atoms with Crippen molar-refractivity contribution < 1.29 is 8.42 Å². The number of piperazine rings is 1. The topological polar surface area (TPSA) is 117 Å². The van der Waals surface area contributed by atoms with Gasteiger partial charge in [0.15, 0.2) is 5.82 Å². The van der Waals surface area contributed by atoms with Gasteiger partial charge in [-0.05, 0) is 13.8 Å². The number of aromatic nitrogens is 4. The van der Waals surface area contributed by atoms with Crippen LogP contribution in [0.1, 0.15) is 13.8 Å².